The maximum Gasteiger partial charge on any atom is 0.233 e. The zero-order chi connectivity index (χ0) is 7.11. The largest absolute Gasteiger partial charge is 0.354 e. The SMILES string of the molecule is Cl.N#CCCNC(=O)CN. The van der Waals surface area contributed by atoms with Gasteiger partial charge in [0.1, 0.15) is 0 Å². The van der Waals surface area contributed by atoms with Gasteiger partial charge in [-0.1, -0.05) is 0 Å². The van der Waals surface area contributed by atoms with Gasteiger partial charge in [0.05, 0.1) is 19.0 Å². The van der Waals surface area contributed by atoms with Crippen LogP contribution in [0.3, 0.4) is 0 Å². The second-order valence-corrected chi connectivity index (χ2v) is 1.46. The predicted octanol–water partition coefficient (Wildman–Crippen LogP) is -0.603. The van der Waals surface area contributed by atoms with Gasteiger partial charge in [-0.15, -0.1) is 12.4 Å². The number of nitriles is 1. The molecule has 0 aliphatic heterocycles. The molecule has 0 aliphatic rings. The lowest BCUT2D eigenvalue weighted by atomic mass is 10.4. The molecule has 0 saturated heterocycles. The Morgan fingerprint density at radius 2 is 2.30 bits per heavy atom. The minimum absolute atomic E-state index is 0. The molecular weight excluding hydrogens is 154 g/mol. The Hall–Kier alpha value is -0.790. The standard InChI is InChI=1S/C5H9N3O.ClH/c6-2-1-3-8-5(9)4-7;/h1,3-4,7H2,(H,8,9);1H. The summed E-state index contributed by atoms with van der Waals surface area (Å²) in [5, 5.41) is 10.5. The van der Waals surface area contributed by atoms with E-state index in [0.717, 1.165) is 0 Å². The molecule has 0 radical (unpaired) electrons. The number of carbonyl (C=O) groups is 1. The number of carbonyl (C=O) groups excluding carboxylic acids is 1. The monoisotopic (exact) mass is 163 g/mol. The zero-order valence-electron chi connectivity index (χ0n) is 5.46. The summed E-state index contributed by atoms with van der Waals surface area (Å²) >= 11 is 0. The van der Waals surface area contributed by atoms with Gasteiger partial charge >= 0.3 is 0 Å². The molecule has 58 valence electrons. The summed E-state index contributed by atoms with van der Waals surface area (Å²) in [5.41, 5.74) is 4.96. The third kappa shape index (κ3) is 7.21. The van der Waals surface area contributed by atoms with Gasteiger partial charge in [-0.25, -0.2) is 0 Å². The smallest absolute Gasteiger partial charge is 0.233 e. The van der Waals surface area contributed by atoms with Crippen LogP contribution >= 0.6 is 12.4 Å². The third-order valence-corrected chi connectivity index (χ3v) is 0.744. The molecule has 0 aliphatic carbocycles. The molecule has 10 heavy (non-hydrogen) atoms. The fraction of sp³-hybridized carbons (Fsp3) is 0.600. The molecule has 3 N–H and O–H groups in total. The number of hydrogen-bond acceptors (Lipinski definition) is 3. The van der Waals surface area contributed by atoms with Gasteiger partial charge in [0.25, 0.3) is 0 Å². The maximum atomic E-state index is 10.3. The summed E-state index contributed by atoms with van der Waals surface area (Å²) in [7, 11) is 0. The van der Waals surface area contributed by atoms with Crippen molar-refractivity contribution in [2.24, 2.45) is 5.73 Å². The minimum atomic E-state index is -0.217. The van der Waals surface area contributed by atoms with Crippen LogP contribution in [0.5, 0.6) is 0 Å². The molecule has 0 fully saturated rings. The summed E-state index contributed by atoms with van der Waals surface area (Å²) in [6.45, 7) is 0.387. The van der Waals surface area contributed by atoms with Gasteiger partial charge in [0.15, 0.2) is 0 Å². The number of rotatable bonds is 3. The summed E-state index contributed by atoms with van der Waals surface area (Å²) in [4.78, 5) is 10.3. The van der Waals surface area contributed by atoms with Gasteiger partial charge in [0, 0.05) is 6.54 Å². The van der Waals surface area contributed by atoms with E-state index in [9.17, 15) is 4.79 Å². The van der Waals surface area contributed by atoms with Crippen LogP contribution in [-0.2, 0) is 4.79 Å². The Bertz CT molecular complexity index is 131. The van der Waals surface area contributed by atoms with E-state index in [0.29, 0.717) is 13.0 Å². The van der Waals surface area contributed by atoms with Gasteiger partial charge in [0.2, 0.25) is 5.91 Å². The van der Waals surface area contributed by atoms with Crippen LogP contribution < -0.4 is 11.1 Å². The van der Waals surface area contributed by atoms with Crippen LogP contribution in [0.2, 0.25) is 0 Å². The fourth-order valence-electron chi connectivity index (χ4n) is 0.330. The Morgan fingerprint density at radius 3 is 2.70 bits per heavy atom. The molecular formula is C5H10ClN3O. The summed E-state index contributed by atoms with van der Waals surface area (Å²) < 4.78 is 0. The first-order valence-electron chi connectivity index (χ1n) is 2.65. The molecule has 0 spiro atoms. The highest BCUT2D eigenvalue weighted by Gasteiger charge is 1.92. The van der Waals surface area contributed by atoms with E-state index in [1.165, 1.54) is 0 Å². The molecule has 0 bridgehead atoms. The van der Waals surface area contributed by atoms with Crippen molar-refractivity contribution >= 4 is 18.3 Å². The Balaban J connectivity index is 0. The number of hydrogen-bond donors (Lipinski definition) is 2. The Morgan fingerprint density at radius 1 is 1.70 bits per heavy atom. The van der Waals surface area contributed by atoms with Crippen LogP contribution in [0.4, 0.5) is 0 Å². The van der Waals surface area contributed by atoms with Crippen LogP contribution in [-0.4, -0.2) is 19.0 Å². The van der Waals surface area contributed by atoms with E-state index in [1.54, 1.807) is 0 Å². The molecule has 5 heteroatoms. The summed E-state index contributed by atoms with van der Waals surface area (Å²) in [6, 6.07) is 1.89. The number of nitrogens with two attached hydrogens (primary N) is 1. The van der Waals surface area contributed by atoms with Crippen LogP contribution in [0, 0.1) is 11.3 Å². The first-order chi connectivity index (χ1) is 4.31. The van der Waals surface area contributed by atoms with E-state index in [2.05, 4.69) is 5.32 Å². The molecule has 0 atom stereocenters. The van der Waals surface area contributed by atoms with Crippen molar-refractivity contribution in [1.82, 2.24) is 5.32 Å². The van der Waals surface area contributed by atoms with Crippen molar-refractivity contribution < 1.29 is 4.79 Å². The fourth-order valence-corrected chi connectivity index (χ4v) is 0.330. The second-order valence-electron chi connectivity index (χ2n) is 1.46. The van der Waals surface area contributed by atoms with Crippen molar-refractivity contribution in [2.75, 3.05) is 13.1 Å². The lowest BCUT2D eigenvalue weighted by Gasteiger charge is -1.96. The molecule has 0 unspecified atom stereocenters. The summed E-state index contributed by atoms with van der Waals surface area (Å²) in [5.74, 6) is -0.217. The highest BCUT2D eigenvalue weighted by atomic mass is 35.5. The molecule has 4 nitrogen and oxygen atoms in total. The van der Waals surface area contributed by atoms with Crippen LogP contribution in [0.1, 0.15) is 6.42 Å². The molecule has 0 aromatic rings. The van der Waals surface area contributed by atoms with Gasteiger partial charge in [-0.2, -0.15) is 5.26 Å². The predicted molar refractivity (Wildman–Crippen MR) is 39.5 cm³/mol. The average molecular weight is 164 g/mol. The van der Waals surface area contributed by atoms with Gasteiger partial charge < -0.3 is 11.1 Å². The molecule has 0 aromatic carbocycles. The maximum absolute atomic E-state index is 10.3. The van der Waals surface area contributed by atoms with E-state index in [1.807, 2.05) is 6.07 Å². The van der Waals surface area contributed by atoms with Crippen molar-refractivity contribution in [2.45, 2.75) is 6.42 Å². The Labute approximate surface area is 65.8 Å². The lowest BCUT2D eigenvalue weighted by Crippen LogP contribution is -2.30. The van der Waals surface area contributed by atoms with Gasteiger partial charge in [-0.05, 0) is 0 Å². The first-order valence-corrected chi connectivity index (χ1v) is 2.65. The van der Waals surface area contributed by atoms with E-state index in [-0.39, 0.29) is 24.9 Å². The van der Waals surface area contributed by atoms with Crippen molar-refractivity contribution in [3.63, 3.8) is 0 Å². The first kappa shape index (κ1) is 11.9. The minimum Gasteiger partial charge on any atom is -0.354 e. The summed E-state index contributed by atoms with van der Waals surface area (Å²) in [6.07, 6.45) is 0.339. The lowest BCUT2D eigenvalue weighted by molar-refractivity contribution is -0.119. The molecule has 0 heterocycles. The van der Waals surface area contributed by atoms with E-state index in [4.69, 9.17) is 11.0 Å². The topological polar surface area (TPSA) is 78.9 Å². The quantitative estimate of drug-likeness (QED) is 0.546. The molecule has 1 amide bonds. The van der Waals surface area contributed by atoms with Crippen molar-refractivity contribution in [1.29, 1.82) is 5.26 Å². The molecule has 0 saturated carbocycles. The second kappa shape index (κ2) is 8.21. The number of amides is 1. The van der Waals surface area contributed by atoms with Crippen molar-refractivity contribution in [3.05, 3.63) is 0 Å². The van der Waals surface area contributed by atoms with Crippen molar-refractivity contribution in [3.8, 4) is 6.07 Å². The molecule has 0 rings (SSSR count). The highest BCUT2D eigenvalue weighted by molar-refractivity contribution is 5.85. The highest BCUT2D eigenvalue weighted by Crippen LogP contribution is 1.68. The number of halogens is 1. The number of nitrogens with zero attached hydrogens (tertiary/aromatic N) is 1. The zero-order valence-corrected chi connectivity index (χ0v) is 6.28. The molecule has 0 aromatic heterocycles. The van der Waals surface area contributed by atoms with Crippen LogP contribution in [0.15, 0.2) is 0 Å². The normalized spacial score (nSPS) is 7.20. The Kier molecular flexibility index (Phi) is 9.80. The number of nitrogens with one attached hydrogen (secondary N) is 1. The third-order valence-electron chi connectivity index (χ3n) is 0.744. The van der Waals surface area contributed by atoms with Crippen LogP contribution in [0.25, 0.3) is 0 Å². The van der Waals surface area contributed by atoms with E-state index < -0.39 is 0 Å². The van der Waals surface area contributed by atoms with Gasteiger partial charge in [-0.3, -0.25) is 4.79 Å². The van der Waals surface area contributed by atoms with E-state index >= 15 is 0 Å². The average Bonchev–Trinajstić information content (AvgIpc) is 1.89.